The molecular weight excluding hydrogens is 398 g/mol. The number of aliphatic hydroxyl groups excluding tert-OH is 1. The summed E-state index contributed by atoms with van der Waals surface area (Å²) in [6, 6.07) is 6.35. The fourth-order valence-corrected chi connectivity index (χ4v) is 3.47. The predicted molar refractivity (Wildman–Crippen MR) is 99.4 cm³/mol. The normalized spacial score (nSPS) is 23.3. The number of benzene rings is 1. The second-order valence-electron chi connectivity index (χ2n) is 6.93. The number of carbonyl (C=O) groups excluding carboxylic acids is 2. The number of imide groups is 1. The molecule has 1 saturated heterocycles. The van der Waals surface area contributed by atoms with Gasteiger partial charge in [-0.3, -0.25) is 23.9 Å². The Morgan fingerprint density at radius 1 is 1.17 bits per heavy atom. The fraction of sp³-hybridized carbons (Fsp3) is 0.368. The molecule has 158 valence electrons. The SMILES string of the molecule is Cc1cn(C2CC(OCON3C(=O)c4ccccc4C3=O)[C@@H](CO)O2)c(=O)[nH]c1=O. The van der Waals surface area contributed by atoms with E-state index in [9.17, 15) is 24.3 Å². The molecule has 3 atom stereocenters. The number of aryl methyl sites for hydroxylation is 1. The van der Waals surface area contributed by atoms with Crippen LogP contribution in [0.3, 0.4) is 0 Å². The van der Waals surface area contributed by atoms with E-state index in [-0.39, 0.29) is 24.2 Å². The van der Waals surface area contributed by atoms with Gasteiger partial charge in [0.1, 0.15) is 12.3 Å². The summed E-state index contributed by atoms with van der Waals surface area (Å²) in [5.74, 6) is -1.18. The van der Waals surface area contributed by atoms with Gasteiger partial charge >= 0.3 is 5.69 Å². The Kier molecular flexibility index (Phi) is 5.35. The van der Waals surface area contributed by atoms with Gasteiger partial charge in [0.05, 0.1) is 23.8 Å². The molecule has 2 amide bonds. The van der Waals surface area contributed by atoms with Crippen molar-refractivity contribution < 1.29 is 29.0 Å². The molecule has 1 aromatic heterocycles. The monoisotopic (exact) mass is 417 g/mol. The molecule has 0 saturated carbocycles. The lowest BCUT2D eigenvalue weighted by molar-refractivity contribution is -0.193. The standard InChI is InChI=1S/C19H19N3O8/c1-10-7-21(19(27)20-16(10)24)15-6-13(14(8-23)30-15)28-9-29-22-17(25)11-4-2-3-5-12(11)18(22)26/h2-5,7,13-15,23H,6,8-9H2,1H3,(H,20,24,27)/t13?,14-,15?/m1/s1. The van der Waals surface area contributed by atoms with Crippen LogP contribution in [0.25, 0.3) is 0 Å². The third-order valence-corrected chi connectivity index (χ3v) is 5.04. The molecule has 30 heavy (non-hydrogen) atoms. The van der Waals surface area contributed by atoms with Crippen LogP contribution in [0.5, 0.6) is 0 Å². The van der Waals surface area contributed by atoms with E-state index >= 15 is 0 Å². The lowest BCUT2D eigenvalue weighted by Crippen LogP contribution is -2.34. The van der Waals surface area contributed by atoms with Crippen molar-refractivity contribution in [1.29, 1.82) is 0 Å². The van der Waals surface area contributed by atoms with E-state index in [1.165, 1.54) is 22.9 Å². The summed E-state index contributed by atoms with van der Waals surface area (Å²) in [5, 5.41) is 10.2. The number of fused-ring (bicyclic) bond motifs is 1. The molecule has 0 radical (unpaired) electrons. The maximum absolute atomic E-state index is 12.3. The zero-order valence-corrected chi connectivity index (χ0v) is 15.9. The number of carbonyl (C=O) groups is 2. The molecule has 1 aromatic carbocycles. The molecule has 2 aliphatic rings. The summed E-state index contributed by atoms with van der Waals surface area (Å²) < 4.78 is 12.4. The molecule has 0 aliphatic carbocycles. The highest BCUT2D eigenvalue weighted by molar-refractivity contribution is 6.20. The Bertz CT molecular complexity index is 1070. The number of hydroxylamine groups is 2. The third kappa shape index (κ3) is 3.48. The Balaban J connectivity index is 1.40. The summed E-state index contributed by atoms with van der Waals surface area (Å²) in [6.45, 7) is 0.727. The second kappa shape index (κ2) is 7.95. The van der Waals surface area contributed by atoms with Crippen molar-refractivity contribution >= 4 is 11.8 Å². The molecule has 11 heteroatoms. The van der Waals surface area contributed by atoms with Crippen molar-refractivity contribution in [2.24, 2.45) is 0 Å². The summed E-state index contributed by atoms with van der Waals surface area (Å²) in [6.07, 6.45) is -0.649. The Hall–Kier alpha value is -3.12. The first-order valence-electron chi connectivity index (χ1n) is 9.21. The minimum absolute atomic E-state index is 0.183. The van der Waals surface area contributed by atoms with E-state index < -0.39 is 48.3 Å². The molecule has 2 N–H and O–H groups in total. The molecule has 2 aromatic rings. The predicted octanol–water partition coefficient (Wildman–Crippen LogP) is -0.305. The lowest BCUT2D eigenvalue weighted by Gasteiger charge is -2.18. The van der Waals surface area contributed by atoms with E-state index in [0.717, 1.165) is 0 Å². The van der Waals surface area contributed by atoms with E-state index in [1.807, 2.05) is 0 Å². The van der Waals surface area contributed by atoms with Gasteiger partial charge in [0.2, 0.25) is 0 Å². The Morgan fingerprint density at radius 2 is 1.83 bits per heavy atom. The van der Waals surface area contributed by atoms with Crippen molar-refractivity contribution in [2.45, 2.75) is 31.8 Å². The van der Waals surface area contributed by atoms with Gasteiger partial charge in [0.25, 0.3) is 17.4 Å². The van der Waals surface area contributed by atoms with E-state index in [4.69, 9.17) is 14.3 Å². The number of hydrogen-bond donors (Lipinski definition) is 2. The molecule has 4 rings (SSSR count). The smallest absolute Gasteiger partial charge is 0.330 e. The number of amides is 2. The molecule has 0 bridgehead atoms. The molecule has 1 fully saturated rings. The number of ether oxygens (including phenoxy) is 2. The number of aromatic amines is 1. The summed E-state index contributed by atoms with van der Waals surface area (Å²) in [7, 11) is 0. The highest BCUT2D eigenvalue weighted by atomic mass is 16.8. The number of nitrogens with one attached hydrogen (secondary N) is 1. The second-order valence-corrected chi connectivity index (χ2v) is 6.93. The summed E-state index contributed by atoms with van der Waals surface area (Å²) >= 11 is 0. The van der Waals surface area contributed by atoms with Crippen LogP contribution < -0.4 is 11.2 Å². The molecule has 2 aliphatic heterocycles. The topological polar surface area (TPSA) is 140 Å². The third-order valence-electron chi connectivity index (χ3n) is 5.04. The lowest BCUT2D eigenvalue weighted by atomic mass is 10.1. The maximum Gasteiger partial charge on any atom is 0.330 e. The van der Waals surface area contributed by atoms with Crippen LogP contribution in [-0.2, 0) is 14.3 Å². The van der Waals surface area contributed by atoms with Crippen LogP contribution in [0.2, 0.25) is 0 Å². The van der Waals surface area contributed by atoms with Crippen LogP contribution in [0.15, 0.2) is 40.1 Å². The van der Waals surface area contributed by atoms with Crippen molar-refractivity contribution in [1.82, 2.24) is 14.6 Å². The number of H-pyrrole nitrogens is 1. The molecule has 11 nitrogen and oxygen atoms in total. The first-order valence-corrected chi connectivity index (χ1v) is 9.21. The molecule has 3 heterocycles. The van der Waals surface area contributed by atoms with Gasteiger partial charge in [-0.2, -0.15) is 0 Å². The van der Waals surface area contributed by atoms with Crippen molar-refractivity contribution in [3.05, 3.63) is 68.0 Å². The number of aliphatic hydroxyl groups is 1. The van der Waals surface area contributed by atoms with Gasteiger partial charge < -0.3 is 14.6 Å². The largest absolute Gasteiger partial charge is 0.394 e. The minimum atomic E-state index is -0.769. The maximum atomic E-state index is 12.3. The van der Waals surface area contributed by atoms with Crippen LogP contribution in [0.1, 0.15) is 38.9 Å². The Labute approximate surface area is 169 Å². The average Bonchev–Trinajstić information content (AvgIpc) is 3.25. The van der Waals surface area contributed by atoms with Crippen molar-refractivity contribution in [3.63, 3.8) is 0 Å². The summed E-state index contributed by atoms with van der Waals surface area (Å²) in [4.78, 5) is 55.6. The van der Waals surface area contributed by atoms with Gasteiger partial charge in [-0.05, 0) is 19.1 Å². The number of hydrogen-bond acceptors (Lipinski definition) is 8. The zero-order chi connectivity index (χ0) is 21.4. The van der Waals surface area contributed by atoms with Crippen LogP contribution in [0.4, 0.5) is 0 Å². The average molecular weight is 417 g/mol. The molecule has 0 spiro atoms. The quantitative estimate of drug-likeness (QED) is 0.482. The van der Waals surface area contributed by atoms with Gasteiger partial charge in [0.15, 0.2) is 6.79 Å². The van der Waals surface area contributed by atoms with Crippen molar-refractivity contribution in [2.75, 3.05) is 13.4 Å². The van der Waals surface area contributed by atoms with Gasteiger partial charge in [0, 0.05) is 18.2 Å². The molecule has 2 unspecified atom stereocenters. The highest BCUT2D eigenvalue weighted by Gasteiger charge is 2.39. The van der Waals surface area contributed by atoms with Crippen LogP contribution in [-0.4, -0.2) is 57.1 Å². The number of aromatic nitrogens is 2. The van der Waals surface area contributed by atoms with Gasteiger partial charge in [-0.1, -0.05) is 12.1 Å². The van der Waals surface area contributed by atoms with Gasteiger partial charge in [-0.25, -0.2) is 9.63 Å². The minimum Gasteiger partial charge on any atom is -0.394 e. The first kappa shape index (κ1) is 20.2. The number of rotatable bonds is 6. The van der Waals surface area contributed by atoms with E-state index in [0.29, 0.717) is 10.6 Å². The van der Waals surface area contributed by atoms with E-state index in [2.05, 4.69) is 4.98 Å². The Morgan fingerprint density at radius 3 is 2.47 bits per heavy atom. The van der Waals surface area contributed by atoms with E-state index in [1.54, 1.807) is 19.1 Å². The molecular formula is C19H19N3O8. The van der Waals surface area contributed by atoms with Crippen LogP contribution in [0, 0.1) is 6.92 Å². The van der Waals surface area contributed by atoms with Crippen molar-refractivity contribution in [3.8, 4) is 0 Å². The van der Waals surface area contributed by atoms with Gasteiger partial charge in [-0.15, -0.1) is 5.06 Å². The zero-order valence-electron chi connectivity index (χ0n) is 15.9. The highest BCUT2D eigenvalue weighted by Crippen LogP contribution is 2.30. The first-order chi connectivity index (χ1) is 14.4. The fourth-order valence-electron chi connectivity index (χ4n) is 3.47. The summed E-state index contributed by atoms with van der Waals surface area (Å²) in [5.41, 5.74) is -0.317. The number of nitrogens with zero attached hydrogens (tertiary/aromatic N) is 2. The van der Waals surface area contributed by atoms with Crippen LogP contribution >= 0.6 is 0 Å².